The minimum absolute atomic E-state index is 0. The van der Waals surface area contributed by atoms with Crippen LogP contribution in [0.4, 0.5) is 0 Å². The zero-order chi connectivity index (χ0) is 11.2. The molecule has 0 fully saturated rings. The van der Waals surface area contributed by atoms with E-state index in [9.17, 15) is 4.79 Å². The van der Waals surface area contributed by atoms with E-state index in [0.29, 0.717) is 5.19 Å². The Morgan fingerprint density at radius 1 is 1.35 bits per heavy atom. The molecule has 0 radical (unpaired) electrons. The molecule has 82 valence electrons. The molecule has 1 aromatic carbocycles. The Hall–Kier alpha value is -0.940. The Morgan fingerprint density at radius 2 is 2.12 bits per heavy atom. The SMILES string of the molecule is O=C(/C=C/c1ccccc1)Oc1nccs1.[H-].[Na+]. The third kappa shape index (κ3) is 4.83. The van der Waals surface area contributed by atoms with Crippen LogP contribution in [-0.2, 0) is 4.79 Å². The summed E-state index contributed by atoms with van der Waals surface area (Å²) in [5.74, 6) is -0.418. The molecule has 1 aromatic heterocycles. The fraction of sp³-hybridized carbons (Fsp3) is 0. The Bertz CT molecular complexity index is 488. The largest absolute Gasteiger partial charge is 1.00 e. The second kappa shape index (κ2) is 7.40. The Kier molecular flexibility index (Phi) is 6.15. The molecule has 5 heteroatoms. The molecule has 0 atom stereocenters. The first kappa shape index (κ1) is 14.1. The van der Waals surface area contributed by atoms with Gasteiger partial charge in [0.05, 0.1) is 0 Å². The van der Waals surface area contributed by atoms with Gasteiger partial charge in [0.1, 0.15) is 0 Å². The van der Waals surface area contributed by atoms with Crippen molar-refractivity contribution in [1.82, 2.24) is 4.98 Å². The second-order valence-corrected chi connectivity index (χ2v) is 3.82. The minimum atomic E-state index is -0.418. The number of carbonyl (C=O) groups is 1. The predicted molar refractivity (Wildman–Crippen MR) is 64.3 cm³/mol. The number of carbonyl (C=O) groups excluding carboxylic acids is 1. The summed E-state index contributed by atoms with van der Waals surface area (Å²) in [5, 5.41) is 2.12. The number of aromatic nitrogens is 1. The van der Waals surface area contributed by atoms with Crippen LogP contribution in [0.3, 0.4) is 0 Å². The number of nitrogens with zero attached hydrogens (tertiary/aromatic N) is 1. The van der Waals surface area contributed by atoms with Crippen LogP contribution >= 0.6 is 11.3 Å². The van der Waals surface area contributed by atoms with E-state index in [0.717, 1.165) is 5.56 Å². The molecule has 17 heavy (non-hydrogen) atoms. The number of benzene rings is 1. The summed E-state index contributed by atoms with van der Waals surface area (Å²) in [6.45, 7) is 0. The van der Waals surface area contributed by atoms with Gasteiger partial charge in [-0.3, -0.25) is 0 Å². The molecule has 3 nitrogen and oxygen atoms in total. The van der Waals surface area contributed by atoms with Gasteiger partial charge in [0, 0.05) is 17.7 Å². The van der Waals surface area contributed by atoms with Crippen LogP contribution in [0.5, 0.6) is 5.19 Å². The van der Waals surface area contributed by atoms with Gasteiger partial charge in [0.25, 0.3) is 5.19 Å². The topological polar surface area (TPSA) is 39.2 Å². The number of hydrogen-bond acceptors (Lipinski definition) is 4. The molecule has 1 heterocycles. The molecule has 0 N–H and O–H groups in total. The van der Waals surface area contributed by atoms with Crippen LogP contribution in [0.25, 0.3) is 6.08 Å². The van der Waals surface area contributed by atoms with Crippen LogP contribution < -0.4 is 34.3 Å². The maximum Gasteiger partial charge on any atom is 1.00 e. The van der Waals surface area contributed by atoms with Crippen LogP contribution in [0.2, 0.25) is 0 Å². The van der Waals surface area contributed by atoms with Crippen molar-refractivity contribution in [3.05, 3.63) is 53.5 Å². The van der Waals surface area contributed by atoms with E-state index >= 15 is 0 Å². The Labute approximate surface area is 127 Å². The van der Waals surface area contributed by atoms with E-state index in [1.807, 2.05) is 30.3 Å². The standard InChI is InChI=1S/C12H9NO2S.Na.H/c14-11(15-12-13-8-9-16-12)7-6-10-4-2-1-3-5-10;;/h1-9H;;/q;+1;-1/b7-6+;;. The summed E-state index contributed by atoms with van der Waals surface area (Å²) in [7, 11) is 0. The van der Waals surface area contributed by atoms with Gasteiger partial charge >= 0.3 is 35.5 Å². The summed E-state index contributed by atoms with van der Waals surface area (Å²) in [6.07, 6.45) is 4.68. The predicted octanol–water partition coefficient (Wildman–Crippen LogP) is -0.122. The van der Waals surface area contributed by atoms with E-state index in [4.69, 9.17) is 4.74 Å². The summed E-state index contributed by atoms with van der Waals surface area (Å²) >= 11 is 1.28. The molecule has 2 aromatic rings. The fourth-order valence-electron chi connectivity index (χ4n) is 1.11. The maximum atomic E-state index is 11.3. The molecule has 0 unspecified atom stereocenters. The fourth-order valence-corrected chi connectivity index (χ4v) is 1.60. The van der Waals surface area contributed by atoms with Gasteiger partial charge in [-0.25, -0.2) is 9.78 Å². The summed E-state index contributed by atoms with van der Waals surface area (Å²) in [6, 6.07) is 9.56. The van der Waals surface area contributed by atoms with Crippen LogP contribution in [0, 0.1) is 0 Å². The molecule has 0 amide bonds. The smallest absolute Gasteiger partial charge is 1.00 e. The quantitative estimate of drug-likeness (QED) is 0.436. The molecule has 0 aliphatic heterocycles. The van der Waals surface area contributed by atoms with Crippen molar-refractivity contribution in [2.75, 3.05) is 0 Å². The number of ether oxygens (including phenoxy) is 1. The van der Waals surface area contributed by atoms with Crippen molar-refractivity contribution in [3.63, 3.8) is 0 Å². The third-order valence-corrected chi connectivity index (χ3v) is 2.46. The molecule has 0 bridgehead atoms. The Balaban J connectivity index is 0.00000144. The van der Waals surface area contributed by atoms with Gasteiger partial charge in [-0.1, -0.05) is 41.7 Å². The molecule has 0 saturated heterocycles. The second-order valence-electron chi connectivity index (χ2n) is 2.96. The first-order valence-electron chi connectivity index (χ1n) is 4.69. The van der Waals surface area contributed by atoms with E-state index in [2.05, 4.69) is 4.98 Å². The monoisotopic (exact) mass is 255 g/mol. The van der Waals surface area contributed by atoms with Gasteiger partial charge in [0.2, 0.25) is 0 Å². The molecule has 0 spiro atoms. The van der Waals surface area contributed by atoms with Crippen molar-refractivity contribution in [2.24, 2.45) is 0 Å². The minimum Gasteiger partial charge on any atom is -1.00 e. The summed E-state index contributed by atoms with van der Waals surface area (Å²) < 4.78 is 4.96. The molecular weight excluding hydrogens is 245 g/mol. The van der Waals surface area contributed by atoms with Crippen molar-refractivity contribution < 1.29 is 40.5 Å². The number of thiazole rings is 1. The van der Waals surface area contributed by atoms with Crippen LogP contribution in [0.15, 0.2) is 48.0 Å². The van der Waals surface area contributed by atoms with Crippen LogP contribution in [-0.4, -0.2) is 11.0 Å². The van der Waals surface area contributed by atoms with Gasteiger partial charge in [-0.15, -0.1) is 0 Å². The zero-order valence-corrected chi connectivity index (χ0v) is 12.2. The normalized spacial score (nSPS) is 9.88. The Morgan fingerprint density at radius 3 is 2.76 bits per heavy atom. The van der Waals surface area contributed by atoms with Gasteiger partial charge in [-0.05, 0) is 11.6 Å². The van der Waals surface area contributed by atoms with Crippen molar-refractivity contribution in [2.45, 2.75) is 0 Å². The average molecular weight is 255 g/mol. The van der Waals surface area contributed by atoms with E-state index in [1.165, 1.54) is 17.4 Å². The van der Waals surface area contributed by atoms with E-state index < -0.39 is 5.97 Å². The first-order valence-corrected chi connectivity index (χ1v) is 5.57. The molecule has 0 aliphatic rings. The third-order valence-electron chi connectivity index (χ3n) is 1.81. The number of hydrogen-bond donors (Lipinski definition) is 0. The van der Waals surface area contributed by atoms with Gasteiger partial charge < -0.3 is 6.16 Å². The number of esters is 1. The zero-order valence-electron chi connectivity index (χ0n) is 10.4. The van der Waals surface area contributed by atoms with Gasteiger partial charge in [-0.2, -0.15) is 0 Å². The first-order chi connectivity index (χ1) is 7.84. The average Bonchev–Trinajstić information content (AvgIpc) is 2.81. The van der Waals surface area contributed by atoms with Crippen molar-refractivity contribution in [3.8, 4) is 5.19 Å². The van der Waals surface area contributed by atoms with Crippen molar-refractivity contribution >= 4 is 23.4 Å². The maximum absolute atomic E-state index is 11.3. The summed E-state index contributed by atoms with van der Waals surface area (Å²) in [5.41, 5.74) is 0.957. The molecule has 0 aliphatic carbocycles. The number of rotatable bonds is 3. The van der Waals surface area contributed by atoms with E-state index in [1.54, 1.807) is 17.7 Å². The van der Waals surface area contributed by atoms with E-state index in [-0.39, 0.29) is 31.0 Å². The van der Waals surface area contributed by atoms with Gasteiger partial charge in [0.15, 0.2) is 0 Å². The van der Waals surface area contributed by atoms with Crippen molar-refractivity contribution in [1.29, 1.82) is 0 Å². The molecule has 2 rings (SSSR count). The van der Waals surface area contributed by atoms with Crippen LogP contribution in [0.1, 0.15) is 6.99 Å². The molecular formula is C12H10NNaO2S. The summed E-state index contributed by atoms with van der Waals surface area (Å²) in [4.78, 5) is 15.2. The molecule has 0 saturated carbocycles.